The molecular formula is C33H42F2N2O6. The molecule has 2 fully saturated rings. The summed E-state index contributed by atoms with van der Waals surface area (Å²) < 4.78 is 26.2. The third-order valence-electron chi connectivity index (χ3n) is 8.73. The average molecular weight is 601 g/mol. The number of carbonyl (C=O) groups is 2. The van der Waals surface area contributed by atoms with Crippen molar-refractivity contribution in [2.45, 2.75) is 59.5 Å². The molecule has 4 rings (SSSR count). The van der Waals surface area contributed by atoms with Gasteiger partial charge in [0, 0.05) is 30.8 Å². The van der Waals surface area contributed by atoms with Crippen LogP contribution in [0, 0.1) is 23.2 Å². The van der Waals surface area contributed by atoms with E-state index in [1.54, 1.807) is 0 Å². The molecule has 6 atom stereocenters. The number of likely N-dealkylation sites (tertiary alicyclic amines) is 2. The van der Waals surface area contributed by atoms with E-state index < -0.39 is 18.8 Å². The van der Waals surface area contributed by atoms with Crippen molar-refractivity contribution in [2.75, 3.05) is 26.4 Å². The summed E-state index contributed by atoms with van der Waals surface area (Å²) in [7, 11) is 0. The first kappa shape index (κ1) is 37.0. The predicted octanol–water partition coefficient (Wildman–Crippen LogP) is 5.63. The number of alkyl halides is 2. The van der Waals surface area contributed by atoms with E-state index >= 15 is 0 Å². The quantitative estimate of drug-likeness (QED) is 0.389. The van der Waals surface area contributed by atoms with Crippen LogP contribution in [0.4, 0.5) is 8.78 Å². The Kier molecular flexibility index (Phi) is 15.9. The summed E-state index contributed by atoms with van der Waals surface area (Å²) in [5, 5.41) is 0. The van der Waals surface area contributed by atoms with Crippen LogP contribution >= 0.6 is 0 Å². The van der Waals surface area contributed by atoms with Gasteiger partial charge in [0.15, 0.2) is 0 Å². The lowest BCUT2D eigenvalue weighted by atomic mass is 9.78. The van der Waals surface area contributed by atoms with Gasteiger partial charge in [-0.2, -0.15) is 19.2 Å². The zero-order valence-corrected chi connectivity index (χ0v) is 25.5. The highest BCUT2D eigenvalue weighted by molar-refractivity contribution is 5.85. The Hall–Kier alpha value is -4.00. The molecule has 43 heavy (non-hydrogen) atoms. The fourth-order valence-corrected chi connectivity index (χ4v) is 5.74. The summed E-state index contributed by atoms with van der Waals surface area (Å²) in [6.07, 6.45) is 1.92. The zero-order valence-electron chi connectivity index (χ0n) is 25.5. The monoisotopic (exact) mass is 600 g/mol. The number of halogens is 2. The summed E-state index contributed by atoms with van der Waals surface area (Å²) >= 11 is 0. The molecule has 2 aliphatic heterocycles. The maximum atomic E-state index is 13.2. The van der Waals surface area contributed by atoms with Gasteiger partial charge in [0.05, 0.1) is 30.8 Å². The number of hydrogen-bond donors (Lipinski definition) is 0. The van der Waals surface area contributed by atoms with E-state index in [0.29, 0.717) is 19.5 Å². The molecule has 2 amide bonds. The summed E-state index contributed by atoms with van der Waals surface area (Å²) in [4.78, 5) is 61.0. The molecule has 10 heteroatoms. The van der Waals surface area contributed by atoms with Gasteiger partial charge >= 0.3 is 12.3 Å². The van der Waals surface area contributed by atoms with Gasteiger partial charge in [-0.25, -0.2) is 0 Å². The van der Waals surface area contributed by atoms with Crippen LogP contribution < -0.4 is 0 Å². The van der Waals surface area contributed by atoms with Crippen molar-refractivity contribution in [2.24, 2.45) is 23.2 Å². The van der Waals surface area contributed by atoms with Gasteiger partial charge in [0.2, 0.25) is 11.8 Å². The second kappa shape index (κ2) is 18.5. The van der Waals surface area contributed by atoms with E-state index in [-0.39, 0.29) is 54.0 Å². The largest absolute Gasteiger partial charge is 0.373 e. The van der Waals surface area contributed by atoms with Gasteiger partial charge in [-0.1, -0.05) is 81.4 Å². The first-order chi connectivity index (χ1) is 20.6. The molecule has 0 bridgehead atoms. The fraction of sp³-hybridized carbons (Fsp3) is 0.515. The van der Waals surface area contributed by atoms with Gasteiger partial charge in [-0.05, 0) is 37.8 Å². The minimum Gasteiger partial charge on any atom is -0.335 e. The summed E-state index contributed by atoms with van der Waals surface area (Å²) in [5.41, 5.74) is 1.67. The SMILES string of the molecule is CC[C@H]1C(=O)N([C@H](C)c2ccccc2)C[C@@H]1CF.CC[C@]1(C)C(=O)N([C@H](C)c2ccccc2)C[C@@H]1CF.O=C=O.O=C=O. The molecule has 2 aromatic carbocycles. The Balaban J connectivity index is 0.000000364. The van der Waals surface area contributed by atoms with E-state index in [2.05, 4.69) is 0 Å². The van der Waals surface area contributed by atoms with E-state index in [1.165, 1.54) is 0 Å². The maximum Gasteiger partial charge on any atom is 0.373 e. The highest BCUT2D eigenvalue weighted by atomic mass is 19.1. The van der Waals surface area contributed by atoms with Gasteiger partial charge in [0.25, 0.3) is 0 Å². The molecule has 0 radical (unpaired) electrons. The second-order valence-corrected chi connectivity index (χ2v) is 10.8. The topological polar surface area (TPSA) is 109 Å². The van der Waals surface area contributed by atoms with Crippen LogP contribution in [0.3, 0.4) is 0 Å². The van der Waals surface area contributed by atoms with Crippen LogP contribution in [0.15, 0.2) is 60.7 Å². The Labute approximate surface area is 252 Å². The Morgan fingerprint density at radius 3 is 1.56 bits per heavy atom. The van der Waals surface area contributed by atoms with Crippen molar-refractivity contribution >= 4 is 24.1 Å². The van der Waals surface area contributed by atoms with Crippen molar-refractivity contribution in [1.29, 1.82) is 0 Å². The number of amides is 2. The number of rotatable bonds is 8. The second-order valence-electron chi connectivity index (χ2n) is 10.8. The Bertz CT molecular complexity index is 1190. The molecule has 0 aliphatic carbocycles. The van der Waals surface area contributed by atoms with Crippen LogP contribution in [-0.2, 0) is 28.8 Å². The smallest absolute Gasteiger partial charge is 0.335 e. The number of hydrogen-bond acceptors (Lipinski definition) is 6. The number of carbonyl (C=O) groups excluding carboxylic acids is 6. The van der Waals surface area contributed by atoms with Crippen LogP contribution in [0.25, 0.3) is 0 Å². The molecule has 2 saturated heterocycles. The molecular weight excluding hydrogens is 558 g/mol. The normalized spacial score (nSPS) is 23.7. The van der Waals surface area contributed by atoms with Crippen LogP contribution in [0.5, 0.6) is 0 Å². The van der Waals surface area contributed by atoms with Crippen molar-refractivity contribution in [3.8, 4) is 0 Å². The molecule has 8 nitrogen and oxygen atoms in total. The van der Waals surface area contributed by atoms with Crippen LogP contribution in [0.2, 0.25) is 0 Å². The predicted molar refractivity (Wildman–Crippen MR) is 154 cm³/mol. The fourth-order valence-electron chi connectivity index (χ4n) is 5.74. The lowest BCUT2D eigenvalue weighted by Crippen LogP contribution is -2.35. The minimum atomic E-state index is -0.544. The first-order valence-electron chi connectivity index (χ1n) is 14.4. The van der Waals surface area contributed by atoms with Gasteiger partial charge in [-0.3, -0.25) is 18.4 Å². The molecule has 234 valence electrons. The average Bonchev–Trinajstić information content (AvgIpc) is 3.50. The zero-order chi connectivity index (χ0) is 32.6. The molecule has 2 heterocycles. The van der Waals surface area contributed by atoms with E-state index in [9.17, 15) is 18.4 Å². The molecule has 0 spiro atoms. The van der Waals surface area contributed by atoms with Crippen molar-refractivity contribution in [3.63, 3.8) is 0 Å². The molecule has 2 aromatic rings. The summed E-state index contributed by atoms with van der Waals surface area (Å²) in [6.45, 7) is 10.1. The number of benzene rings is 2. The standard InChI is InChI=1S/C16H22FNO.C15H20FNO.2CO2/c1-4-16(3)14(10-17)11-18(15(16)19)12(2)13-8-6-5-7-9-13;1-3-14-13(9-16)10-17(15(14)18)11(2)12-7-5-4-6-8-12;2*2-1-3/h5-9,12,14H,4,10-11H2,1-3H3;4-8,11,13-14H,3,9-10H2,1-2H3;;/t12-,14+,16+;11-,13+,14-;;/m11../s1. The summed E-state index contributed by atoms with van der Waals surface area (Å²) in [6, 6.07) is 19.9. The van der Waals surface area contributed by atoms with E-state index in [0.717, 1.165) is 17.5 Å². The third kappa shape index (κ3) is 9.24. The van der Waals surface area contributed by atoms with Crippen molar-refractivity contribution in [1.82, 2.24) is 9.80 Å². The Morgan fingerprint density at radius 1 is 0.791 bits per heavy atom. The first-order valence-corrected chi connectivity index (χ1v) is 14.4. The van der Waals surface area contributed by atoms with Crippen LogP contribution in [-0.4, -0.2) is 60.4 Å². The highest BCUT2D eigenvalue weighted by Crippen LogP contribution is 2.43. The van der Waals surface area contributed by atoms with Crippen molar-refractivity contribution < 1.29 is 37.5 Å². The lowest BCUT2D eigenvalue weighted by molar-refractivity contribution is -0.193. The Morgan fingerprint density at radius 2 is 1.23 bits per heavy atom. The minimum absolute atomic E-state index is 0.0103. The molecule has 0 N–H and O–H groups in total. The van der Waals surface area contributed by atoms with Gasteiger partial charge in [0.1, 0.15) is 0 Å². The number of nitrogens with zero attached hydrogens (tertiary/aromatic N) is 2. The maximum absolute atomic E-state index is 13.2. The summed E-state index contributed by atoms with van der Waals surface area (Å²) in [5.74, 6) is -0.253. The molecule has 0 unspecified atom stereocenters. The van der Waals surface area contributed by atoms with E-state index in [1.807, 2.05) is 105 Å². The van der Waals surface area contributed by atoms with Crippen LogP contribution in [0.1, 0.15) is 70.7 Å². The van der Waals surface area contributed by atoms with E-state index in [4.69, 9.17) is 19.2 Å². The molecule has 0 saturated carbocycles. The third-order valence-corrected chi connectivity index (χ3v) is 8.73. The lowest BCUT2D eigenvalue weighted by Gasteiger charge is -2.28. The van der Waals surface area contributed by atoms with Gasteiger partial charge in [-0.15, -0.1) is 0 Å². The van der Waals surface area contributed by atoms with Crippen molar-refractivity contribution in [3.05, 3.63) is 71.8 Å². The molecule has 2 aliphatic rings. The molecule has 0 aromatic heterocycles. The van der Waals surface area contributed by atoms with Gasteiger partial charge < -0.3 is 9.80 Å². The highest BCUT2D eigenvalue weighted by Gasteiger charge is 2.50.